The zero-order valence-electron chi connectivity index (χ0n) is 9.32. The fraction of sp³-hybridized carbons (Fsp3) is 0.375. The lowest BCUT2D eigenvalue weighted by Crippen LogP contribution is -2.58. The van der Waals surface area contributed by atoms with E-state index in [9.17, 15) is 4.79 Å². The van der Waals surface area contributed by atoms with Crippen LogP contribution >= 0.6 is 0 Å². The van der Waals surface area contributed by atoms with Gasteiger partial charge in [-0.25, -0.2) is 0 Å². The third-order valence-electron chi connectivity index (χ3n) is 1.97. The van der Waals surface area contributed by atoms with E-state index in [1.807, 2.05) is 0 Å². The summed E-state index contributed by atoms with van der Waals surface area (Å²) in [5.41, 5.74) is -1.05. The highest BCUT2D eigenvalue weighted by Gasteiger charge is 2.40. The number of amides is 1. The van der Waals surface area contributed by atoms with Gasteiger partial charge in [-0.05, 0) is 6.42 Å². The highest BCUT2D eigenvalue weighted by atomic mass is 16.5. The molecule has 1 amide bonds. The topological polar surface area (TPSA) is 130 Å². The molecule has 0 saturated carbocycles. The Balaban J connectivity index is 0.000000557. The molecule has 1 aliphatic carbocycles. The summed E-state index contributed by atoms with van der Waals surface area (Å²) in [5, 5.41) is 42.3. The van der Waals surface area contributed by atoms with E-state index in [0.29, 0.717) is 6.42 Å². The van der Waals surface area contributed by atoms with Gasteiger partial charge in [0.05, 0.1) is 5.44 Å². The fourth-order valence-corrected chi connectivity index (χ4v) is 1.31. The number of hydrogen-bond donors (Lipinski definition) is 6. The molecule has 0 spiro atoms. The second kappa shape index (κ2) is 7.25. The van der Waals surface area contributed by atoms with E-state index in [1.54, 1.807) is 24.3 Å². The minimum absolute atomic E-state index is 0.284. The molecular weight excluding hydrogens is 228 g/mol. The molecule has 0 radical (unpaired) electrons. The summed E-state index contributed by atoms with van der Waals surface area (Å²) in [7, 11) is -3.75. The van der Waals surface area contributed by atoms with Gasteiger partial charge in [0.2, 0.25) is 5.91 Å². The Bertz CT molecular complexity index is 304. The first kappa shape index (κ1) is 15.9. The maximum absolute atomic E-state index is 10.8. The molecule has 0 aliphatic heterocycles. The number of hydrogen-bond acceptors (Lipinski definition) is 6. The summed E-state index contributed by atoms with van der Waals surface area (Å²) in [5.74, 6) is -0.284. The minimum atomic E-state index is -2.17. The van der Waals surface area contributed by atoms with E-state index in [2.05, 4.69) is 5.32 Å². The van der Waals surface area contributed by atoms with Crippen molar-refractivity contribution in [2.75, 3.05) is 0 Å². The van der Waals surface area contributed by atoms with E-state index in [-0.39, 0.29) is 5.91 Å². The lowest BCUT2D eigenvalue weighted by atomic mass is 9.61. The highest BCUT2D eigenvalue weighted by Crippen LogP contribution is 2.18. The van der Waals surface area contributed by atoms with Gasteiger partial charge in [-0.3, -0.25) is 4.79 Å². The average molecular weight is 243 g/mol. The van der Waals surface area contributed by atoms with Crippen molar-refractivity contribution in [2.45, 2.75) is 18.8 Å². The monoisotopic (exact) mass is 243 g/mol. The SMILES string of the molecule is CC(=O)NC1(B(O)O)C=CC=CC1.OB(O)O. The summed E-state index contributed by atoms with van der Waals surface area (Å²) in [6.07, 6.45) is 7.22. The van der Waals surface area contributed by atoms with Crippen LogP contribution in [0, 0.1) is 0 Å². The van der Waals surface area contributed by atoms with Crippen molar-refractivity contribution in [2.24, 2.45) is 0 Å². The number of nitrogens with one attached hydrogen (secondary N) is 1. The Hall–Kier alpha value is -1.12. The van der Waals surface area contributed by atoms with Crippen molar-refractivity contribution in [3.05, 3.63) is 24.3 Å². The zero-order valence-corrected chi connectivity index (χ0v) is 9.32. The van der Waals surface area contributed by atoms with Crippen molar-refractivity contribution >= 4 is 20.3 Å². The molecule has 0 aromatic carbocycles. The van der Waals surface area contributed by atoms with Gasteiger partial charge in [-0.15, -0.1) is 0 Å². The van der Waals surface area contributed by atoms with E-state index in [4.69, 9.17) is 25.1 Å². The van der Waals surface area contributed by atoms with Crippen molar-refractivity contribution in [1.29, 1.82) is 0 Å². The van der Waals surface area contributed by atoms with Crippen LogP contribution in [-0.4, -0.2) is 50.9 Å². The first-order chi connectivity index (χ1) is 7.80. The Morgan fingerprint density at radius 1 is 1.24 bits per heavy atom. The number of carbonyl (C=O) groups excluding carboxylic acids is 1. The Labute approximate surface area is 99.4 Å². The summed E-state index contributed by atoms with van der Waals surface area (Å²) in [4.78, 5) is 10.8. The molecule has 1 unspecified atom stereocenters. The first-order valence-corrected chi connectivity index (χ1v) is 4.83. The predicted molar refractivity (Wildman–Crippen MR) is 62.0 cm³/mol. The average Bonchev–Trinajstić information content (AvgIpc) is 2.16. The van der Waals surface area contributed by atoms with Crippen LogP contribution in [0.15, 0.2) is 24.3 Å². The lowest BCUT2D eigenvalue weighted by Gasteiger charge is -2.30. The molecule has 0 fully saturated rings. The number of carbonyl (C=O) groups is 1. The van der Waals surface area contributed by atoms with Gasteiger partial charge in [-0.2, -0.15) is 0 Å². The molecule has 0 saturated heterocycles. The van der Waals surface area contributed by atoms with E-state index >= 15 is 0 Å². The van der Waals surface area contributed by atoms with Crippen LogP contribution in [0.3, 0.4) is 0 Å². The van der Waals surface area contributed by atoms with Gasteiger partial charge in [0.15, 0.2) is 0 Å². The van der Waals surface area contributed by atoms with Gasteiger partial charge >= 0.3 is 14.4 Å². The third kappa shape index (κ3) is 6.25. The molecule has 0 bridgehead atoms. The van der Waals surface area contributed by atoms with Crippen molar-refractivity contribution in [1.82, 2.24) is 5.32 Å². The largest absolute Gasteiger partial charge is 0.631 e. The quantitative estimate of drug-likeness (QED) is 0.293. The first-order valence-electron chi connectivity index (χ1n) is 4.83. The molecule has 9 heteroatoms. The number of allylic oxidation sites excluding steroid dienone is 2. The maximum Gasteiger partial charge on any atom is 0.631 e. The second-order valence-corrected chi connectivity index (χ2v) is 3.43. The van der Waals surface area contributed by atoms with E-state index < -0.39 is 19.9 Å². The van der Waals surface area contributed by atoms with Crippen LogP contribution in [0.4, 0.5) is 0 Å². The van der Waals surface area contributed by atoms with Crippen LogP contribution in [0.5, 0.6) is 0 Å². The van der Waals surface area contributed by atoms with Crippen LogP contribution in [-0.2, 0) is 4.79 Å². The summed E-state index contributed by atoms with van der Waals surface area (Å²) >= 11 is 0. The molecule has 1 aliphatic rings. The second-order valence-electron chi connectivity index (χ2n) is 3.43. The molecule has 6 N–H and O–H groups in total. The van der Waals surface area contributed by atoms with Crippen LogP contribution in [0.1, 0.15) is 13.3 Å². The summed E-state index contributed by atoms with van der Waals surface area (Å²) in [6, 6.07) is 0. The zero-order chi connectivity index (χ0) is 13.5. The van der Waals surface area contributed by atoms with Crippen LogP contribution in [0.2, 0.25) is 0 Å². The van der Waals surface area contributed by atoms with Gasteiger partial charge in [0, 0.05) is 6.92 Å². The lowest BCUT2D eigenvalue weighted by molar-refractivity contribution is -0.119. The third-order valence-corrected chi connectivity index (χ3v) is 1.97. The molecule has 7 nitrogen and oxygen atoms in total. The van der Waals surface area contributed by atoms with Gasteiger partial charge in [0.1, 0.15) is 0 Å². The normalized spacial score (nSPS) is 21.3. The van der Waals surface area contributed by atoms with E-state index in [1.165, 1.54) is 6.92 Å². The Kier molecular flexibility index (Phi) is 6.78. The summed E-state index contributed by atoms with van der Waals surface area (Å²) < 4.78 is 0. The molecule has 0 heterocycles. The van der Waals surface area contributed by atoms with Crippen molar-refractivity contribution < 1.29 is 29.9 Å². The van der Waals surface area contributed by atoms with Crippen molar-refractivity contribution in [3.63, 3.8) is 0 Å². The fourth-order valence-electron chi connectivity index (χ4n) is 1.31. The molecule has 1 rings (SSSR count). The smallest absolute Gasteiger partial charge is 0.425 e. The molecule has 0 aromatic rings. The van der Waals surface area contributed by atoms with E-state index in [0.717, 1.165) is 0 Å². The van der Waals surface area contributed by atoms with Gasteiger partial charge in [-0.1, -0.05) is 24.3 Å². The molecule has 0 aromatic heterocycles. The van der Waals surface area contributed by atoms with Gasteiger partial charge in [0.25, 0.3) is 0 Å². The standard InChI is InChI=1S/C8H12BNO3.BH3O3/c1-7(11)10-8(9(12)13)5-3-2-4-6-8;2-1(3)4/h2-5,12-13H,6H2,1H3,(H,10,11);2-4H. The number of rotatable bonds is 2. The Morgan fingerprint density at radius 3 is 2.06 bits per heavy atom. The predicted octanol–water partition coefficient (Wildman–Crippen LogP) is -2.66. The van der Waals surface area contributed by atoms with Gasteiger partial charge < -0.3 is 30.4 Å². The maximum atomic E-state index is 10.8. The molecule has 94 valence electrons. The summed E-state index contributed by atoms with van der Waals surface area (Å²) in [6.45, 7) is 1.34. The molecule has 17 heavy (non-hydrogen) atoms. The molecular formula is C8H15B2NO6. The van der Waals surface area contributed by atoms with Crippen LogP contribution < -0.4 is 5.32 Å². The van der Waals surface area contributed by atoms with Crippen molar-refractivity contribution in [3.8, 4) is 0 Å². The highest BCUT2D eigenvalue weighted by molar-refractivity contribution is 6.47. The molecule has 1 atom stereocenters. The van der Waals surface area contributed by atoms with Crippen LogP contribution in [0.25, 0.3) is 0 Å². The minimum Gasteiger partial charge on any atom is -0.425 e. The Morgan fingerprint density at radius 2 is 1.76 bits per heavy atom.